The van der Waals surface area contributed by atoms with Crippen LogP contribution < -0.4 is 5.32 Å². The second-order valence-electron chi connectivity index (χ2n) is 5.54. The lowest BCUT2D eigenvalue weighted by atomic mass is 10.2. The summed E-state index contributed by atoms with van der Waals surface area (Å²) >= 11 is 0. The first kappa shape index (κ1) is 17.3. The van der Waals surface area contributed by atoms with Crippen LogP contribution in [0.1, 0.15) is 52.4 Å². The molecule has 2 amide bonds. The monoisotopic (exact) mass is 304 g/mol. The van der Waals surface area contributed by atoms with E-state index in [4.69, 9.17) is 0 Å². The van der Waals surface area contributed by atoms with Crippen molar-refractivity contribution in [1.82, 2.24) is 10.2 Å². The van der Waals surface area contributed by atoms with Gasteiger partial charge in [-0.3, -0.25) is 0 Å². The molecule has 118 valence electrons. The van der Waals surface area contributed by atoms with Crippen molar-refractivity contribution in [1.29, 1.82) is 0 Å². The van der Waals surface area contributed by atoms with E-state index >= 15 is 0 Å². The Hall–Kier alpha value is -0.780. The number of hydrogen-bond donors (Lipinski definition) is 1. The van der Waals surface area contributed by atoms with E-state index < -0.39 is 9.84 Å². The lowest BCUT2D eigenvalue weighted by molar-refractivity contribution is 0.179. The van der Waals surface area contributed by atoms with E-state index in [2.05, 4.69) is 19.2 Å². The van der Waals surface area contributed by atoms with Gasteiger partial charge in [0.05, 0.1) is 11.5 Å². The third-order valence-corrected chi connectivity index (χ3v) is 5.47. The zero-order chi connectivity index (χ0) is 15.0. The molecule has 0 aliphatic carbocycles. The van der Waals surface area contributed by atoms with Crippen LogP contribution in [-0.2, 0) is 9.84 Å². The molecule has 1 rings (SSSR count). The molecule has 0 aromatic carbocycles. The summed E-state index contributed by atoms with van der Waals surface area (Å²) in [6.45, 7) is 5.52. The SMILES string of the molecule is CCCCCNC(=O)N(CCCC)[C@@H]1CCS(=O)(=O)C1. The van der Waals surface area contributed by atoms with Gasteiger partial charge >= 0.3 is 6.03 Å². The highest BCUT2D eigenvalue weighted by Crippen LogP contribution is 2.18. The minimum atomic E-state index is -2.95. The number of nitrogens with one attached hydrogen (secondary N) is 1. The molecular weight excluding hydrogens is 276 g/mol. The summed E-state index contributed by atoms with van der Waals surface area (Å²) in [5, 5.41) is 2.92. The van der Waals surface area contributed by atoms with Gasteiger partial charge in [-0.15, -0.1) is 0 Å². The molecule has 1 aliphatic heterocycles. The summed E-state index contributed by atoms with van der Waals surface area (Å²) < 4.78 is 23.2. The first-order valence-electron chi connectivity index (χ1n) is 7.75. The van der Waals surface area contributed by atoms with Crippen LogP contribution in [0.5, 0.6) is 0 Å². The van der Waals surface area contributed by atoms with Crippen molar-refractivity contribution in [3.63, 3.8) is 0 Å². The van der Waals surface area contributed by atoms with Crippen LogP contribution in [0.4, 0.5) is 4.79 Å². The fourth-order valence-electron chi connectivity index (χ4n) is 2.47. The van der Waals surface area contributed by atoms with Crippen molar-refractivity contribution in [2.45, 2.75) is 58.4 Å². The molecule has 0 saturated carbocycles. The van der Waals surface area contributed by atoms with Crippen molar-refractivity contribution in [3.8, 4) is 0 Å². The number of nitrogens with zero attached hydrogens (tertiary/aromatic N) is 1. The molecule has 1 fully saturated rings. The van der Waals surface area contributed by atoms with Gasteiger partial charge < -0.3 is 10.2 Å². The molecule has 6 heteroatoms. The first-order valence-corrected chi connectivity index (χ1v) is 9.57. The second-order valence-corrected chi connectivity index (χ2v) is 7.77. The lowest BCUT2D eigenvalue weighted by Gasteiger charge is -2.28. The Kier molecular flexibility index (Phi) is 7.34. The minimum Gasteiger partial charge on any atom is -0.338 e. The normalized spacial score (nSPS) is 20.8. The Bertz CT molecular complexity index is 395. The number of rotatable bonds is 8. The van der Waals surface area contributed by atoms with Crippen molar-refractivity contribution in [3.05, 3.63) is 0 Å². The molecule has 1 atom stereocenters. The van der Waals surface area contributed by atoms with Gasteiger partial charge in [0.15, 0.2) is 9.84 Å². The lowest BCUT2D eigenvalue weighted by Crippen LogP contribution is -2.47. The van der Waals surface area contributed by atoms with Crippen LogP contribution in [0.15, 0.2) is 0 Å². The number of sulfone groups is 1. The van der Waals surface area contributed by atoms with E-state index in [-0.39, 0.29) is 23.6 Å². The number of unbranched alkanes of at least 4 members (excludes halogenated alkanes) is 3. The quantitative estimate of drug-likeness (QED) is 0.699. The van der Waals surface area contributed by atoms with Gasteiger partial charge in [-0.05, 0) is 19.3 Å². The number of amides is 2. The van der Waals surface area contributed by atoms with Crippen LogP contribution >= 0.6 is 0 Å². The first-order chi connectivity index (χ1) is 9.50. The molecule has 5 nitrogen and oxygen atoms in total. The Morgan fingerprint density at radius 3 is 2.45 bits per heavy atom. The van der Waals surface area contributed by atoms with Gasteiger partial charge in [0, 0.05) is 19.1 Å². The average molecular weight is 304 g/mol. The smallest absolute Gasteiger partial charge is 0.317 e. The van der Waals surface area contributed by atoms with E-state index in [0.29, 0.717) is 19.5 Å². The van der Waals surface area contributed by atoms with Crippen molar-refractivity contribution in [2.75, 3.05) is 24.6 Å². The zero-order valence-electron chi connectivity index (χ0n) is 12.7. The van der Waals surface area contributed by atoms with E-state index in [0.717, 1.165) is 32.1 Å². The Labute approximate surface area is 123 Å². The van der Waals surface area contributed by atoms with Gasteiger partial charge in [-0.2, -0.15) is 0 Å². The van der Waals surface area contributed by atoms with Gasteiger partial charge in [0.1, 0.15) is 0 Å². The van der Waals surface area contributed by atoms with Crippen LogP contribution in [0, 0.1) is 0 Å². The Morgan fingerprint density at radius 1 is 1.20 bits per heavy atom. The summed E-state index contributed by atoms with van der Waals surface area (Å²) in [5.74, 6) is 0.336. The fourth-order valence-corrected chi connectivity index (χ4v) is 4.20. The number of carbonyl (C=O) groups is 1. The Balaban J connectivity index is 2.52. The Morgan fingerprint density at radius 2 is 1.90 bits per heavy atom. The summed E-state index contributed by atoms with van der Waals surface area (Å²) in [4.78, 5) is 14.0. The van der Waals surface area contributed by atoms with E-state index in [1.807, 2.05) is 0 Å². The topological polar surface area (TPSA) is 66.5 Å². The minimum absolute atomic E-state index is 0.100. The maximum atomic E-state index is 12.2. The number of hydrogen-bond acceptors (Lipinski definition) is 3. The molecule has 0 aromatic rings. The summed E-state index contributed by atoms with van der Waals surface area (Å²) in [7, 11) is -2.95. The molecular formula is C14H28N2O3S. The van der Waals surface area contributed by atoms with Crippen molar-refractivity contribution >= 4 is 15.9 Å². The van der Waals surface area contributed by atoms with Gasteiger partial charge in [0.25, 0.3) is 0 Å². The molecule has 1 aliphatic rings. The molecule has 1 heterocycles. The van der Waals surface area contributed by atoms with Crippen LogP contribution in [0.3, 0.4) is 0 Å². The zero-order valence-corrected chi connectivity index (χ0v) is 13.5. The second kappa shape index (κ2) is 8.49. The fraction of sp³-hybridized carbons (Fsp3) is 0.929. The average Bonchev–Trinajstić information content (AvgIpc) is 2.75. The predicted molar refractivity (Wildman–Crippen MR) is 81.6 cm³/mol. The van der Waals surface area contributed by atoms with Crippen LogP contribution in [-0.4, -0.2) is 50.0 Å². The highest BCUT2D eigenvalue weighted by Gasteiger charge is 2.34. The summed E-state index contributed by atoms with van der Waals surface area (Å²) in [5.41, 5.74) is 0. The number of urea groups is 1. The van der Waals surface area contributed by atoms with Gasteiger partial charge in [0.2, 0.25) is 0 Å². The molecule has 0 unspecified atom stereocenters. The molecule has 20 heavy (non-hydrogen) atoms. The number of carbonyl (C=O) groups excluding carboxylic acids is 1. The molecule has 0 aromatic heterocycles. The van der Waals surface area contributed by atoms with Crippen molar-refractivity contribution in [2.24, 2.45) is 0 Å². The highest BCUT2D eigenvalue weighted by molar-refractivity contribution is 7.91. The molecule has 1 saturated heterocycles. The predicted octanol–water partition coefficient (Wildman–Crippen LogP) is 2.18. The third kappa shape index (κ3) is 5.69. The maximum absolute atomic E-state index is 12.2. The third-order valence-electron chi connectivity index (χ3n) is 3.72. The van der Waals surface area contributed by atoms with Gasteiger partial charge in [-0.1, -0.05) is 33.1 Å². The van der Waals surface area contributed by atoms with E-state index in [1.54, 1.807) is 4.90 Å². The van der Waals surface area contributed by atoms with E-state index in [9.17, 15) is 13.2 Å². The van der Waals surface area contributed by atoms with Crippen LogP contribution in [0.25, 0.3) is 0 Å². The summed E-state index contributed by atoms with van der Waals surface area (Å²) in [6.07, 6.45) is 5.70. The molecule has 0 bridgehead atoms. The highest BCUT2D eigenvalue weighted by atomic mass is 32.2. The van der Waals surface area contributed by atoms with Crippen molar-refractivity contribution < 1.29 is 13.2 Å². The van der Waals surface area contributed by atoms with E-state index in [1.165, 1.54) is 0 Å². The van der Waals surface area contributed by atoms with Crippen LogP contribution in [0.2, 0.25) is 0 Å². The molecule has 0 spiro atoms. The van der Waals surface area contributed by atoms with Gasteiger partial charge in [-0.25, -0.2) is 13.2 Å². The summed E-state index contributed by atoms with van der Waals surface area (Å²) in [6, 6.07) is -0.241. The molecule has 0 radical (unpaired) electrons. The maximum Gasteiger partial charge on any atom is 0.317 e. The molecule has 1 N–H and O–H groups in total. The largest absolute Gasteiger partial charge is 0.338 e. The standard InChI is InChI=1S/C14H28N2O3S/c1-3-5-7-9-15-14(17)16(10-6-4-2)13-8-11-20(18,19)12-13/h13H,3-12H2,1-2H3,(H,15,17)/t13-/m1/s1.